The fourth-order valence-corrected chi connectivity index (χ4v) is 3.15. The lowest BCUT2D eigenvalue weighted by molar-refractivity contribution is 0.0765. The second-order valence-electron chi connectivity index (χ2n) is 4.80. The van der Waals surface area contributed by atoms with Crippen molar-refractivity contribution in [3.05, 3.63) is 16.0 Å². The molecule has 1 N–H and O–H groups in total. The van der Waals surface area contributed by atoms with E-state index in [9.17, 15) is 4.79 Å². The van der Waals surface area contributed by atoms with Gasteiger partial charge in [0.1, 0.15) is 0 Å². The molecule has 3 aliphatic rings. The monoisotopic (exact) mass is 382 g/mol. The van der Waals surface area contributed by atoms with Crippen LogP contribution in [0.3, 0.4) is 0 Å². The number of fused-ring (bicyclic) bond motifs is 3. The van der Waals surface area contributed by atoms with Crippen molar-refractivity contribution in [3.63, 3.8) is 0 Å². The summed E-state index contributed by atoms with van der Waals surface area (Å²) in [5, 5.41) is 7.12. The minimum Gasteiger partial charge on any atom is -0.332 e. The number of carbonyl (C=O) groups excluding carboxylic acids is 1. The van der Waals surface area contributed by atoms with Gasteiger partial charge >= 0.3 is 6.03 Å². The molecule has 3 aliphatic heterocycles. The Bertz CT molecular complexity index is 430. The van der Waals surface area contributed by atoms with E-state index in [0.29, 0.717) is 12.0 Å². The maximum atomic E-state index is 12.0. The molecular formula is C11H16ClIN4O. The standard InChI is InChI=1S/C11H15IN4O.ClH/c12-9-5-13-16(6-9)11(17)14-10-7-15-3-1-8(10)2-4-15;/h5-6,8,10H,1-4,7H2,(H,14,17);1H/t10-;/m0./s1. The van der Waals surface area contributed by atoms with Crippen molar-refractivity contribution >= 4 is 41.0 Å². The van der Waals surface area contributed by atoms with Crippen molar-refractivity contribution < 1.29 is 4.79 Å². The number of aromatic nitrogens is 2. The van der Waals surface area contributed by atoms with E-state index in [1.807, 2.05) is 0 Å². The summed E-state index contributed by atoms with van der Waals surface area (Å²) in [4.78, 5) is 14.4. The highest BCUT2D eigenvalue weighted by Crippen LogP contribution is 2.27. The number of hydrogen-bond donors (Lipinski definition) is 1. The van der Waals surface area contributed by atoms with Crippen molar-refractivity contribution in [3.8, 4) is 0 Å². The summed E-state index contributed by atoms with van der Waals surface area (Å²) in [6, 6.07) is 0.193. The van der Waals surface area contributed by atoms with Crippen LogP contribution in [0.2, 0.25) is 0 Å². The summed E-state index contributed by atoms with van der Waals surface area (Å²) < 4.78 is 2.37. The second-order valence-corrected chi connectivity index (χ2v) is 6.04. The smallest absolute Gasteiger partial charge is 0.332 e. The van der Waals surface area contributed by atoms with E-state index < -0.39 is 0 Å². The van der Waals surface area contributed by atoms with Crippen LogP contribution in [-0.2, 0) is 0 Å². The first-order chi connectivity index (χ1) is 8.22. The zero-order valence-corrected chi connectivity index (χ0v) is 12.9. The molecule has 0 aliphatic carbocycles. The van der Waals surface area contributed by atoms with Gasteiger partial charge in [-0.2, -0.15) is 9.78 Å². The van der Waals surface area contributed by atoms with Crippen molar-refractivity contribution in [1.29, 1.82) is 0 Å². The summed E-state index contributed by atoms with van der Waals surface area (Å²) in [6.07, 6.45) is 5.86. The molecule has 1 aromatic rings. The van der Waals surface area contributed by atoms with Crippen molar-refractivity contribution in [1.82, 2.24) is 20.0 Å². The zero-order valence-electron chi connectivity index (χ0n) is 9.88. The van der Waals surface area contributed by atoms with Crippen LogP contribution < -0.4 is 5.32 Å². The van der Waals surface area contributed by atoms with Crippen molar-refractivity contribution in [2.24, 2.45) is 5.92 Å². The minimum atomic E-state index is -0.105. The van der Waals surface area contributed by atoms with E-state index in [1.54, 1.807) is 12.4 Å². The zero-order chi connectivity index (χ0) is 11.8. The highest BCUT2D eigenvalue weighted by atomic mass is 127. The van der Waals surface area contributed by atoms with Crippen LogP contribution in [0.4, 0.5) is 4.79 Å². The molecule has 0 radical (unpaired) electrons. The third kappa shape index (κ3) is 2.80. The Morgan fingerprint density at radius 3 is 2.67 bits per heavy atom. The molecule has 0 saturated carbocycles. The van der Waals surface area contributed by atoms with Crippen LogP contribution in [0.1, 0.15) is 12.8 Å². The first kappa shape index (κ1) is 14.1. The van der Waals surface area contributed by atoms with Gasteiger partial charge in [-0.25, -0.2) is 4.79 Å². The van der Waals surface area contributed by atoms with Gasteiger partial charge in [-0.3, -0.25) is 0 Å². The molecule has 4 heterocycles. The Labute approximate surface area is 126 Å². The van der Waals surface area contributed by atoms with Gasteiger partial charge in [0, 0.05) is 18.8 Å². The number of nitrogens with one attached hydrogen (secondary N) is 1. The Balaban J connectivity index is 0.00000120. The summed E-state index contributed by atoms with van der Waals surface area (Å²) in [7, 11) is 0. The molecule has 7 heteroatoms. The first-order valence-corrected chi connectivity index (χ1v) is 7.03. The Kier molecular flexibility index (Phi) is 4.50. The summed E-state index contributed by atoms with van der Waals surface area (Å²) in [6.45, 7) is 3.38. The summed E-state index contributed by atoms with van der Waals surface area (Å²) in [5.74, 6) is 0.651. The molecule has 0 spiro atoms. The predicted molar refractivity (Wildman–Crippen MR) is 79.1 cm³/mol. The lowest BCUT2D eigenvalue weighted by Crippen LogP contribution is -2.57. The molecule has 2 bridgehead atoms. The highest BCUT2D eigenvalue weighted by Gasteiger charge is 2.35. The van der Waals surface area contributed by atoms with E-state index >= 15 is 0 Å². The number of carbonyl (C=O) groups is 1. The largest absolute Gasteiger partial charge is 0.342 e. The molecule has 0 unspecified atom stereocenters. The van der Waals surface area contributed by atoms with Crippen LogP contribution in [0, 0.1) is 9.49 Å². The van der Waals surface area contributed by atoms with E-state index in [1.165, 1.54) is 30.6 Å². The minimum absolute atomic E-state index is 0. The van der Waals surface area contributed by atoms with Gasteiger partial charge in [0.05, 0.1) is 9.77 Å². The summed E-state index contributed by atoms with van der Waals surface area (Å²) in [5.41, 5.74) is 0. The Hall–Kier alpha value is -0.340. The topological polar surface area (TPSA) is 50.2 Å². The van der Waals surface area contributed by atoms with Gasteiger partial charge in [0.2, 0.25) is 0 Å². The van der Waals surface area contributed by atoms with Gasteiger partial charge in [0.15, 0.2) is 0 Å². The molecule has 100 valence electrons. The maximum Gasteiger partial charge on any atom is 0.342 e. The maximum absolute atomic E-state index is 12.0. The van der Waals surface area contributed by atoms with Crippen LogP contribution in [0.15, 0.2) is 12.4 Å². The summed E-state index contributed by atoms with van der Waals surface area (Å²) >= 11 is 2.15. The molecule has 4 rings (SSSR count). The van der Waals surface area contributed by atoms with Gasteiger partial charge in [-0.05, 0) is 54.4 Å². The van der Waals surface area contributed by atoms with Crippen molar-refractivity contribution in [2.45, 2.75) is 18.9 Å². The fraction of sp³-hybridized carbons (Fsp3) is 0.636. The number of rotatable bonds is 1. The average molecular weight is 383 g/mol. The average Bonchev–Trinajstić information content (AvgIpc) is 2.77. The van der Waals surface area contributed by atoms with Gasteiger partial charge < -0.3 is 10.2 Å². The molecule has 1 atom stereocenters. The quantitative estimate of drug-likeness (QED) is 0.750. The molecule has 3 saturated heterocycles. The van der Waals surface area contributed by atoms with Gasteiger partial charge in [0.25, 0.3) is 0 Å². The Morgan fingerprint density at radius 2 is 2.17 bits per heavy atom. The number of halogens is 2. The number of piperidine rings is 3. The van der Waals surface area contributed by atoms with Crippen LogP contribution in [0.25, 0.3) is 0 Å². The van der Waals surface area contributed by atoms with Crippen LogP contribution >= 0.6 is 35.0 Å². The van der Waals surface area contributed by atoms with Crippen LogP contribution in [-0.4, -0.2) is 46.4 Å². The molecular weight excluding hydrogens is 367 g/mol. The number of amides is 1. The molecule has 0 aromatic carbocycles. The van der Waals surface area contributed by atoms with E-state index in [2.05, 4.69) is 37.9 Å². The first-order valence-electron chi connectivity index (χ1n) is 5.96. The SMILES string of the molecule is Cl.O=C(N[C@H]1CN2CCC1CC2)n1cc(I)cn1. The van der Waals surface area contributed by atoms with E-state index in [0.717, 1.165) is 10.1 Å². The predicted octanol–water partition coefficient (Wildman–Crippen LogP) is 1.56. The lowest BCUT2D eigenvalue weighted by atomic mass is 9.84. The molecule has 1 aromatic heterocycles. The Morgan fingerprint density at radius 1 is 1.44 bits per heavy atom. The molecule has 18 heavy (non-hydrogen) atoms. The van der Waals surface area contributed by atoms with Gasteiger partial charge in [-0.15, -0.1) is 12.4 Å². The lowest BCUT2D eigenvalue weighted by Gasteiger charge is -2.44. The van der Waals surface area contributed by atoms with E-state index in [4.69, 9.17) is 0 Å². The number of nitrogens with zero attached hydrogens (tertiary/aromatic N) is 3. The van der Waals surface area contributed by atoms with E-state index in [-0.39, 0.29) is 18.4 Å². The molecule has 3 fully saturated rings. The fourth-order valence-electron chi connectivity index (χ4n) is 2.77. The number of hydrogen-bond acceptors (Lipinski definition) is 3. The van der Waals surface area contributed by atoms with Gasteiger partial charge in [-0.1, -0.05) is 0 Å². The molecule has 1 amide bonds. The normalized spacial score (nSPS) is 29.7. The second kappa shape index (κ2) is 5.75. The third-order valence-electron chi connectivity index (χ3n) is 3.72. The van der Waals surface area contributed by atoms with Crippen LogP contribution in [0.5, 0.6) is 0 Å². The highest BCUT2D eigenvalue weighted by molar-refractivity contribution is 14.1. The third-order valence-corrected chi connectivity index (χ3v) is 4.28. The van der Waals surface area contributed by atoms with Crippen molar-refractivity contribution in [2.75, 3.05) is 19.6 Å². The molecule has 5 nitrogen and oxygen atoms in total.